The highest BCUT2D eigenvalue weighted by Gasteiger charge is 2.41. The minimum Gasteiger partial charge on any atom is -0.395 e. The summed E-state index contributed by atoms with van der Waals surface area (Å²) in [6.45, 7) is 3.78. The van der Waals surface area contributed by atoms with Gasteiger partial charge in [0.2, 0.25) is 0 Å². The smallest absolute Gasteiger partial charge is 0.395 e. The second kappa shape index (κ2) is 8.55. The highest BCUT2D eigenvalue weighted by Crippen LogP contribution is 2.42. The highest BCUT2D eigenvalue weighted by atomic mass is 32.1. The van der Waals surface area contributed by atoms with Gasteiger partial charge in [0, 0.05) is 24.1 Å². The average Bonchev–Trinajstić information content (AvgIpc) is 3.24. The van der Waals surface area contributed by atoms with Gasteiger partial charge in [-0.2, -0.15) is 13.2 Å². The number of pyridine rings is 1. The molecule has 2 N–H and O–H groups in total. The molecule has 1 fully saturated rings. The molecular weight excluding hydrogens is 437 g/mol. The number of alkyl halides is 3. The fourth-order valence-electron chi connectivity index (χ4n) is 4.46. The lowest BCUT2D eigenvalue weighted by Gasteiger charge is -2.27. The Morgan fingerprint density at radius 2 is 1.84 bits per heavy atom. The SMILES string of the molecule is Cc1cc([C@H]2[C@H](c3ccccn3)NC(=S)N2CCO)c(C)n1-c1ccccc1C(F)(F)F. The summed E-state index contributed by atoms with van der Waals surface area (Å²) in [5.41, 5.74) is 2.34. The van der Waals surface area contributed by atoms with Gasteiger partial charge in [-0.05, 0) is 62.0 Å². The van der Waals surface area contributed by atoms with E-state index < -0.39 is 11.7 Å². The second-order valence-electron chi connectivity index (χ2n) is 7.72. The van der Waals surface area contributed by atoms with Crippen LogP contribution in [0, 0.1) is 13.8 Å². The number of benzene rings is 1. The highest BCUT2D eigenvalue weighted by molar-refractivity contribution is 7.80. The van der Waals surface area contributed by atoms with E-state index in [1.165, 1.54) is 12.1 Å². The molecule has 0 bridgehead atoms. The van der Waals surface area contributed by atoms with Crippen molar-refractivity contribution in [1.29, 1.82) is 0 Å². The topological polar surface area (TPSA) is 53.3 Å². The average molecular weight is 461 g/mol. The molecule has 3 heterocycles. The van der Waals surface area contributed by atoms with Crippen LogP contribution in [0.5, 0.6) is 0 Å². The van der Waals surface area contributed by atoms with Crippen molar-refractivity contribution in [2.24, 2.45) is 0 Å². The van der Waals surface area contributed by atoms with Crippen LogP contribution < -0.4 is 5.32 Å². The normalized spacial score (nSPS) is 18.8. The predicted molar refractivity (Wildman–Crippen MR) is 119 cm³/mol. The van der Waals surface area contributed by atoms with E-state index in [-0.39, 0.29) is 24.4 Å². The molecule has 1 aliphatic heterocycles. The molecule has 4 rings (SSSR count). The van der Waals surface area contributed by atoms with Crippen LogP contribution in [0.2, 0.25) is 0 Å². The van der Waals surface area contributed by atoms with Crippen molar-refractivity contribution in [3.8, 4) is 5.69 Å². The molecule has 9 heteroatoms. The molecule has 5 nitrogen and oxygen atoms in total. The van der Waals surface area contributed by atoms with E-state index in [4.69, 9.17) is 12.2 Å². The molecule has 0 radical (unpaired) electrons. The molecule has 168 valence electrons. The number of β-amino-alcohol motifs (C(OH)–C–C–N with tert-alkyl or cyclic N) is 1. The van der Waals surface area contributed by atoms with E-state index in [0.29, 0.717) is 23.0 Å². The molecule has 0 unspecified atom stereocenters. The van der Waals surface area contributed by atoms with Crippen molar-refractivity contribution >= 4 is 17.3 Å². The summed E-state index contributed by atoms with van der Waals surface area (Å²) < 4.78 is 42.8. The van der Waals surface area contributed by atoms with Crippen LogP contribution in [0.25, 0.3) is 5.69 Å². The maximum Gasteiger partial charge on any atom is 0.418 e. The first-order valence-corrected chi connectivity index (χ1v) is 10.6. The van der Waals surface area contributed by atoms with Crippen molar-refractivity contribution < 1.29 is 18.3 Å². The number of halogens is 3. The summed E-state index contributed by atoms with van der Waals surface area (Å²) in [5, 5.41) is 13.4. The lowest BCUT2D eigenvalue weighted by molar-refractivity contribution is -0.137. The van der Waals surface area contributed by atoms with Crippen molar-refractivity contribution in [2.45, 2.75) is 32.1 Å². The molecule has 2 aromatic heterocycles. The van der Waals surface area contributed by atoms with Crippen molar-refractivity contribution in [3.05, 3.63) is 82.9 Å². The van der Waals surface area contributed by atoms with Gasteiger partial charge in [0.25, 0.3) is 0 Å². The number of hydrogen-bond donors (Lipinski definition) is 2. The van der Waals surface area contributed by atoms with Gasteiger partial charge in [-0.15, -0.1) is 0 Å². The zero-order chi connectivity index (χ0) is 23.0. The first-order valence-electron chi connectivity index (χ1n) is 10.2. The van der Waals surface area contributed by atoms with Crippen LogP contribution in [-0.2, 0) is 6.18 Å². The molecule has 1 aromatic carbocycles. The standard InChI is InChI=1S/C23H23F3N4OS/c1-14-13-16(15(2)30(14)19-9-4-3-7-17(19)23(24,25)26)21-20(18-8-5-6-10-27-18)28-22(32)29(21)11-12-31/h3-10,13,20-21,31H,11-12H2,1-2H3,(H,28,32)/t20-,21-/m0/s1. The molecule has 0 aliphatic carbocycles. The monoisotopic (exact) mass is 460 g/mol. The van der Waals surface area contributed by atoms with E-state index in [2.05, 4.69) is 10.3 Å². The Bertz CT molecular complexity index is 1130. The summed E-state index contributed by atoms with van der Waals surface area (Å²) >= 11 is 5.53. The van der Waals surface area contributed by atoms with Crippen LogP contribution in [0.3, 0.4) is 0 Å². The van der Waals surface area contributed by atoms with Gasteiger partial charge >= 0.3 is 6.18 Å². The van der Waals surface area contributed by atoms with Gasteiger partial charge in [0.1, 0.15) is 0 Å². The van der Waals surface area contributed by atoms with E-state index in [1.54, 1.807) is 23.8 Å². The van der Waals surface area contributed by atoms with Crippen LogP contribution >= 0.6 is 12.2 Å². The number of hydrogen-bond acceptors (Lipinski definition) is 3. The van der Waals surface area contributed by atoms with E-state index >= 15 is 0 Å². The number of nitrogens with zero attached hydrogens (tertiary/aromatic N) is 3. The minimum atomic E-state index is -4.48. The third-order valence-electron chi connectivity index (χ3n) is 5.78. The lowest BCUT2D eigenvalue weighted by Crippen LogP contribution is -2.32. The van der Waals surface area contributed by atoms with Crippen LogP contribution in [0.1, 0.15) is 40.3 Å². The Kier molecular flexibility index (Phi) is 5.96. The summed E-state index contributed by atoms with van der Waals surface area (Å²) in [4.78, 5) is 6.33. The number of aryl methyl sites for hydroxylation is 1. The Hall–Kier alpha value is -2.91. The Balaban J connectivity index is 1.87. The Morgan fingerprint density at radius 3 is 2.50 bits per heavy atom. The summed E-state index contributed by atoms with van der Waals surface area (Å²) in [6, 6.07) is 12.4. The van der Waals surface area contributed by atoms with Crippen molar-refractivity contribution in [3.63, 3.8) is 0 Å². The first kappa shape index (κ1) is 22.3. The Labute approximate surface area is 189 Å². The molecule has 0 amide bonds. The number of aliphatic hydroxyl groups is 1. The molecule has 1 saturated heterocycles. The van der Waals surface area contributed by atoms with Crippen LogP contribution in [-0.4, -0.2) is 37.8 Å². The Morgan fingerprint density at radius 1 is 1.12 bits per heavy atom. The maximum absolute atomic E-state index is 13.7. The van der Waals surface area contributed by atoms with Crippen molar-refractivity contribution in [1.82, 2.24) is 19.8 Å². The fourth-order valence-corrected chi connectivity index (χ4v) is 4.79. The molecule has 32 heavy (non-hydrogen) atoms. The van der Waals surface area contributed by atoms with Crippen molar-refractivity contribution in [2.75, 3.05) is 13.2 Å². The van der Waals surface area contributed by atoms with Crippen LogP contribution in [0.15, 0.2) is 54.7 Å². The lowest BCUT2D eigenvalue weighted by atomic mass is 9.97. The number of rotatable bonds is 5. The largest absolute Gasteiger partial charge is 0.418 e. The summed E-state index contributed by atoms with van der Waals surface area (Å²) in [6.07, 6.45) is -2.79. The van der Waals surface area contributed by atoms with Gasteiger partial charge in [0.05, 0.1) is 35.6 Å². The van der Waals surface area contributed by atoms with E-state index in [1.807, 2.05) is 36.1 Å². The first-order chi connectivity index (χ1) is 15.2. The van der Waals surface area contributed by atoms with Crippen LogP contribution in [0.4, 0.5) is 13.2 Å². The fraction of sp³-hybridized carbons (Fsp3) is 0.304. The zero-order valence-electron chi connectivity index (χ0n) is 17.6. The third-order valence-corrected chi connectivity index (χ3v) is 6.13. The van der Waals surface area contributed by atoms with Gasteiger partial charge in [-0.1, -0.05) is 18.2 Å². The predicted octanol–water partition coefficient (Wildman–Crippen LogP) is 4.47. The van der Waals surface area contributed by atoms with E-state index in [0.717, 1.165) is 17.3 Å². The zero-order valence-corrected chi connectivity index (χ0v) is 18.4. The van der Waals surface area contributed by atoms with Gasteiger partial charge in [-0.3, -0.25) is 4.98 Å². The number of thiocarbonyl (C=S) groups is 1. The third kappa shape index (κ3) is 3.86. The minimum absolute atomic E-state index is 0.0814. The molecule has 3 aromatic rings. The molecule has 1 aliphatic rings. The summed E-state index contributed by atoms with van der Waals surface area (Å²) in [7, 11) is 0. The number of aromatic nitrogens is 2. The van der Waals surface area contributed by atoms with Gasteiger partial charge in [-0.25, -0.2) is 0 Å². The second-order valence-corrected chi connectivity index (χ2v) is 8.11. The molecule has 0 saturated carbocycles. The number of nitrogens with one attached hydrogen (secondary N) is 1. The number of para-hydroxylation sites is 1. The molecule has 0 spiro atoms. The quantitative estimate of drug-likeness (QED) is 0.550. The number of aliphatic hydroxyl groups excluding tert-OH is 1. The maximum atomic E-state index is 13.7. The molecule has 2 atom stereocenters. The van der Waals surface area contributed by atoms with E-state index in [9.17, 15) is 18.3 Å². The van der Waals surface area contributed by atoms with Gasteiger partial charge in [0.15, 0.2) is 5.11 Å². The summed E-state index contributed by atoms with van der Waals surface area (Å²) in [5.74, 6) is 0. The molecular formula is C23H23F3N4OS. The van der Waals surface area contributed by atoms with Gasteiger partial charge < -0.3 is 19.9 Å².